The van der Waals surface area contributed by atoms with Gasteiger partial charge in [0.1, 0.15) is 16.6 Å². The van der Waals surface area contributed by atoms with E-state index in [2.05, 4.69) is 30.7 Å². The van der Waals surface area contributed by atoms with Crippen molar-refractivity contribution < 1.29 is 0 Å². The fourth-order valence-electron chi connectivity index (χ4n) is 1.82. The Bertz CT molecular complexity index is 529. The summed E-state index contributed by atoms with van der Waals surface area (Å²) < 4.78 is 2.01. The number of fused-ring (bicyclic) bond motifs is 1. The normalized spacial score (nSPS) is 11.6. The molecule has 0 atom stereocenters. The molecule has 0 N–H and O–H groups in total. The molecule has 0 aliphatic rings. The van der Waals surface area contributed by atoms with Gasteiger partial charge < -0.3 is 4.57 Å². The predicted octanol–water partition coefficient (Wildman–Crippen LogP) is 3.54. The van der Waals surface area contributed by atoms with E-state index in [0.717, 1.165) is 34.2 Å². The predicted molar refractivity (Wildman–Crippen MR) is 67.0 cm³/mol. The van der Waals surface area contributed by atoms with Gasteiger partial charge in [0.25, 0.3) is 0 Å². The van der Waals surface area contributed by atoms with Crippen LogP contribution in [0, 0.1) is 6.92 Å². The third-order valence-electron chi connectivity index (χ3n) is 2.74. The fraction of sp³-hybridized carbons (Fsp3) is 0.500. The summed E-state index contributed by atoms with van der Waals surface area (Å²) in [7, 11) is 0. The lowest BCUT2D eigenvalue weighted by molar-refractivity contribution is 0.748. The van der Waals surface area contributed by atoms with Crippen LogP contribution < -0.4 is 0 Å². The molecule has 0 fully saturated rings. The molecule has 0 aliphatic heterocycles. The van der Waals surface area contributed by atoms with Crippen LogP contribution in [0.1, 0.15) is 38.2 Å². The van der Waals surface area contributed by atoms with Crippen molar-refractivity contribution in [2.75, 3.05) is 0 Å². The average molecular weight is 238 g/mol. The molecular formula is C12H16ClN3. The van der Waals surface area contributed by atoms with Gasteiger partial charge in [-0.25, -0.2) is 9.97 Å². The lowest BCUT2D eigenvalue weighted by Crippen LogP contribution is -2.03. The molecule has 2 heterocycles. The highest BCUT2D eigenvalue weighted by Gasteiger charge is 2.13. The molecule has 2 rings (SSSR count). The van der Waals surface area contributed by atoms with Gasteiger partial charge in [0, 0.05) is 17.8 Å². The van der Waals surface area contributed by atoms with Crippen LogP contribution in [0.25, 0.3) is 11.0 Å². The maximum atomic E-state index is 6.17. The van der Waals surface area contributed by atoms with E-state index >= 15 is 0 Å². The second-order valence-electron chi connectivity index (χ2n) is 4.27. The molecular weight excluding hydrogens is 222 g/mol. The zero-order valence-electron chi connectivity index (χ0n) is 10.1. The Balaban J connectivity index is 2.78. The third kappa shape index (κ3) is 1.69. The second-order valence-corrected chi connectivity index (χ2v) is 4.66. The molecule has 2 aromatic heterocycles. The number of aryl methyl sites for hydroxylation is 2. The van der Waals surface area contributed by atoms with E-state index < -0.39 is 0 Å². The number of halogens is 1. The van der Waals surface area contributed by atoms with Crippen LogP contribution in [-0.4, -0.2) is 14.5 Å². The number of rotatable bonds is 2. The van der Waals surface area contributed by atoms with Crippen molar-refractivity contribution in [3.05, 3.63) is 22.7 Å². The topological polar surface area (TPSA) is 30.7 Å². The van der Waals surface area contributed by atoms with Crippen molar-refractivity contribution in [1.82, 2.24) is 14.5 Å². The molecule has 4 heteroatoms. The maximum absolute atomic E-state index is 6.17. The van der Waals surface area contributed by atoms with Gasteiger partial charge >= 0.3 is 0 Å². The first kappa shape index (κ1) is 11.4. The summed E-state index contributed by atoms with van der Waals surface area (Å²) in [5.41, 5.74) is 1.95. The molecule has 0 aliphatic carbocycles. The van der Waals surface area contributed by atoms with Crippen molar-refractivity contribution in [2.45, 2.75) is 40.2 Å². The van der Waals surface area contributed by atoms with Gasteiger partial charge in [-0.15, -0.1) is 0 Å². The molecule has 0 aromatic carbocycles. The minimum absolute atomic E-state index is 0.335. The summed E-state index contributed by atoms with van der Waals surface area (Å²) in [6.45, 7) is 9.10. The summed E-state index contributed by atoms with van der Waals surface area (Å²) >= 11 is 6.17. The summed E-state index contributed by atoms with van der Waals surface area (Å²) in [6, 6.07) is 1.94. The molecule has 86 valence electrons. The first-order valence-corrected chi connectivity index (χ1v) is 5.95. The first-order valence-electron chi connectivity index (χ1n) is 5.57. The van der Waals surface area contributed by atoms with Crippen molar-refractivity contribution >= 4 is 22.6 Å². The lowest BCUT2D eigenvalue weighted by atomic mass is 10.2. The summed E-state index contributed by atoms with van der Waals surface area (Å²) in [5, 5.41) is 1.78. The van der Waals surface area contributed by atoms with Crippen LogP contribution in [0.4, 0.5) is 0 Å². The van der Waals surface area contributed by atoms with Gasteiger partial charge in [0.15, 0.2) is 0 Å². The fourth-order valence-corrected chi connectivity index (χ4v) is 2.13. The van der Waals surface area contributed by atoms with Crippen LogP contribution in [0.5, 0.6) is 0 Å². The minimum atomic E-state index is 0.335. The molecule has 2 aromatic rings. The molecule has 0 spiro atoms. The highest BCUT2D eigenvalue weighted by atomic mass is 35.5. The Morgan fingerprint density at radius 2 is 2.06 bits per heavy atom. The molecule has 0 saturated heterocycles. The Kier molecular flexibility index (Phi) is 2.89. The van der Waals surface area contributed by atoms with Crippen molar-refractivity contribution in [1.29, 1.82) is 0 Å². The molecule has 3 nitrogen and oxygen atoms in total. The Hall–Kier alpha value is -1.09. The summed E-state index contributed by atoms with van der Waals surface area (Å²) in [5.74, 6) is 1.22. The lowest BCUT2D eigenvalue weighted by Gasteiger charge is -2.07. The second kappa shape index (κ2) is 4.06. The smallest absolute Gasteiger partial charge is 0.145 e. The van der Waals surface area contributed by atoms with Crippen LogP contribution >= 0.6 is 11.6 Å². The number of aromatic nitrogens is 3. The van der Waals surface area contributed by atoms with Crippen LogP contribution in [-0.2, 0) is 6.54 Å². The van der Waals surface area contributed by atoms with E-state index in [1.807, 2.05) is 17.6 Å². The van der Waals surface area contributed by atoms with Crippen molar-refractivity contribution in [2.24, 2.45) is 0 Å². The van der Waals surface area contributed by atoms with Crippen LogP contribution in [0.15, 0.2) is 6.07 Å². The third-order valence-corrected chi connectivity index (χ3v) is 3.06. The Labute approximate surface area is 100 Å². The number of hydrogen-bond acceptors (Lipinski definition) is 2. The highest BCUT2D eigenvalue weighted by molar-refractivity contribution is 6.30. The first-order chi connectivity index (χ1) is 7.54. The van der Waals surface area contributed by atoms with Gasteiger partial charge in [0.2, 0.25) is 0 Å². The quantitative estimate of drug-likeness (QED) is 0.800. The van der Waals surface area contributed by atoms with E-state index in [4.69, 9.17) is 11.6 Å². The van der Waals surface area contributed by atoms with E-state index in [9.17, 15) is 0 Å². The van der Waals surface area contributed by atoms with Crippen molar-refractivity contribution in [3.63, 3.8) is 0 Å². The van der Waals surface area contributed by atoms with E-state index in [1.165, 1.54) is 0 Å². The molecule has 0 amide bonds. The summed E-state index contributed by atoms with van der Waals surface area (Å²) in [4.78, 5) is 9.10. The molecule has 0 saturated carbocycles. The standard InChI is InChI=1S/C12H16ClN3/c1-5-16-10(13)6-9-8(4)14-11(7(2)3)15-12(9)16/h6-7H,5H2,1-4H3. The van der Waals surface area contributed by atoms with Crippen LogP contribution in [0.3, 0.4) is 0 Å². The van der Waals surface area contributed by atoms with Crippen molar-refractivity contribution in [3.8, 4) is 0 Å². The largest absolute Gasteiger partial charge is 0.317 e. The van der Waals surface area contributed by atoms with E-state index in [0.29, 0.717) is 5.92 Å². The monoisotopic (exact) mass is 237 g/mol. The zero-order chi connectivity index (χ0) is 11.9. The number of hydrogen-bond donors (Lipinski definition) is 0. The SMILES string of the molecule is CCn1c(Cl)cc2c(C)nc(C(C)C)nc21. The van der Waals surface area contributed by atoms with Gasteiger partial charge in [0.05, 0.1) is 5.69 Å². The Morgan fingerprint density at radius 3 is 2.62 bits per heavy atom. The van der Waals surface area contributed by atoms with E-state index in [1.54, 1.807) is 0 Å². The van der Waals surface area contributed by atoms with Gasteiger partial charge in [-0.2, -0.15) is 0 Å². The van der Waals surface area contributed by atoms with Gasteiger partial charge in [-0.1, -0.05) is 25.4 Å². The average Bonchev–Trinajstić information content (AvgIpc) is 2.54. The minimum Gasteiger partial charge on any atom is -0.317 e. The zero-order valence-corrected chi connectivity index (χ0v) is 10.8. The van der Waals surface area contributed by atoms with Gasteiger partial charge in [-0.3, -0.25) is 0 Å². The van der Waals surface area contributed by atoms with Gasteiger partial charge in [-0.05, 0) is 19.9 Å². The maximum Gasteiger partial charge on any atom is 0.145 e. The summed E-state index contributed by atoms with van der Waals surface area (Å²) in [6.07, 6.45) is 0. The molecule has 16 heavy (non-hydrogen) atoms. The Morgan fingerprint density at radius 1 is 1.38 bits per heavy atom. The van der Waals surface area contributed by atoms with Crippen LogP contribution in [0.2, 0.25) is 5.15 Å². The molecule has 0 radical (unpaired) electrons. The highest BCUT2D eigenvalue weighted by Crippen LogP contribution is 2.25. The number of nitrogens with zero attached hydrogens (tertiary/aromatic N) is 3. The molecule has 0 bridgehead atoms. The molecule has 0 unspecified atom stereocenters. The van der Waals surface area contributed by atoms with E-state index in [-0.39, 0.29) is 0 Å².